The van der Waals surface area contributed by atoms with E-state index in [4.69, 9.17) is 8.94 Å². The van der Waals surface area contributed by atoms with Crippen molar-refractivity contribution in [2.75, 3.05) is 32.7 Å². The first kappa shape index (κ1) is 20.3. The van der Waals surface area contributed by atoms with E-state index >= 15 is 0 Å². The summed E-state index contributed by atoms with van der Waals surface area (Å²) in [6.45, 7) is 8.32. The van der Waals surface area contributed by atoms with E-state index < -0.39 is 0 Å². The number of aromatic nitrogens is 2. The topological polar surface area (TPSA) is 87.6 Å². The first-order valence-corrected chi connectivity index (χ1v) is 10.2. The number of aryl methyl sites for hydroxylation is 1. The Morgan fingerprint density at radius 3 is 2.57 bits per heavy atom. The van der Waals surface area contributed by atoms with E-state index in [-0.39, 0.29) is 11.9 Å². The smallest absolute Gasteiger partial charge is 0.241 e. The predicted octanol–water partition coefficient (Wildman–Crippen LogP) is 2.63. The number of benzene rings is 1. The van der Waals surface area contributed by atoms with Gasteiger partial charge >= 0.3 is 0 Å². The van der Waals surface area contributed by atoms with Crippen molar-refractivity contribution >= 4 is 5.91 Å². The number of rotatable bonds is 7. The van der Waals surface area contributed by atoms with E-state index in [1.165, 1.54) is 5.56 Å². The molecule has 2 aromatic heterocycles. The van der Waals surface area contributed by atoms with Crippen molar-refractivity contribution in [1.29, 1.82) is 0 Å². The highest BCUT2D eigenvalue weighted by atomic mass is 16.5. The Balaban J connectivity index is 1.22. The molecule has 158 valence electrons. The summed E-state index contributed by atoms with van der Waals surface area (Å²) in [4.78, 5) is 21.3. The van der Waals surface area contributed by atoms with Crippen LogP contribution in [0.2, 0.25) is 0 Å². The Hall–Kier alpha value is -2.97. The van der Waals surface area contributed by atoms with E-state index in [1.54, 1.807) is 6.26 Å². The van der Waals surface area contributed by atoms with Gasteiger partial charge in [0.2, 0.25) is 17.6 Å². The molecule has 3 aromatic rings. The fourth-order valence-electron chi connectivity index (χ4n) is 3.53. The molecule has 1 N–H and O–H groups in total. The summed E-state index contributed by atoms with van der Waals surface area (Å²) in [7, 11) is 0. The number of amides is 1. The quantitative estimate of drug-likeness (QED) is 0.642. The summed E-state index contributed by atoms with van der Waals surface area (Å²) >= 11 is 0. The van der Waals surface area contributed by atoms with Crippen LogP contribution in [-0.4, -0.2) is 58.6 Å². The molecule has 1 saturated heterocycles. The van der Waals surface area contributed by atoms with Gasteiger partial charge in [0.1, 0.15) is 5.76 Å². The molecule has 0 spiro atoms. The molecule has 4 rings (SSSR count). The van der Waals surface area contributed by atoms with Gasteiger partial charge in [-0.3, -0.25) is 14.6 Å². The van der Waals surface area contributed by atoms with Gasteiger partial charge in [-0.25, -0.2) is 0 Å². The van der Waals surface area contributed by atoms with Gasteiger partial charge in [-0.1, -0.05) is 35.0 Å². The zero-order valence-electron chi connectivity index (χ0n) is 17.4. The summed E-state index contributed by atoms with van der Waals surface area (Å²) in [5.74, 6) is 2.00. The molecule has 0 saturated carbocycles. The highest BCUT2D eigenvalue weighted by Gasteiger charge is 2.22. The van der Waals surface area contributed by atoms with E-state index in [2.05, 4.69) is 25.3 Å². The highest BCUT2D eigenvalue weighted by molar-refractivity contribution is 5.78. The van der Waals surface area contributed by atoms with Crippen LogP contribution < -0.4 is 5.32 Å². The van der Waals surface area contributed by atoms with Crippen LogP contribution in [0.3, 0.4) is 0 Å². The lowest BCUT2D eigenvalue weighted by Crippen LogP contribution is -2.49. The van der Waals surface area contributed by atoms with Crippen LogP contribution in [0.1, 0.15) is 30.2 Å². The number of nitrogens with zero attached hydrogens (tertiary/aromatic N) is 4. The molecule has 0 bridgehead atoms. The molecule has 1 atom stereocenters. The van der Waals surface area contributed by atoms with Crippen molar-refractivity contribution in [3.8, 4) is 11.4 Å². The van der Waals surface area contributed by atoms with Crippen molar-refractivity contribution in [1.82, 2.24) is 25.3 Å². The third-order valence-corrected chi connectivity index (χ3v) is 5.32. The molecule has 0 radical (unpaired) electrons. The van der Waals surface area contributed by atoms with Crippen LogP contribution in [0.4, 0.5) is 0 Å². The molecule has 8 nitrogen and oxygen atoms in total. The van der Waals surface area contributed by atoms with Crippen molar-refractivity contribution in [2.45, 2.75) is 26.4 Å². The van der Waals surface area contributed by atoms with Crippen LogP contribution >= 0.6 is 0 Å². The normalized spacial score (nSPS) is 16.5. The van der Waals surface area contributed by atoms with Crippen LogP contribution in [0.5, 0.6) is 0 Å². The van der Waals surface area contributed by atoms with Gasteiger partial charge in [-0.2, -0.15) is 4.98 Å². The van der Waals surface area contributed by atoms with Gasteiger partial charge in [0.05, 0.1) is 25.4 Å². The van der Waals surface area contributed by atoms with E-state index in [9.17, 15) is 4.79 Å². The van der Waals surface area contributed by atoms with E-state index in [1.807, 2.05) is 50.2 Å². The third-order valence-electron chi connectivity index (χ3n) is 5.32. The second kappa shape index (κ2) is 9.23. The second-order valence-electron chi connectivity index (χ2n) is 7.73. The number of hydrogen-bond donors (Lipinski definition) is 1. The number of nitrogens with one attached hydrogen (secondary N) is 1. The van der Waals surface area contributed by atoms with Crippen molar-refractivity contribution < 1.29 is 13.7 Å². The predicted molar refractivity (Wildman–Crippen MR) is 111 cm³/mol. The summed E-state index contributed by atoms with van der Waals surface area (Å²) in [6.07, 6.45) is 1.62. The fourth-order valence-corrected chi connectivity index (χ4v) is 3.53. The number of carbonyl (C=O) groups is 1. The van der Waals surface area contributed by atoms with Crippen LogP contribution in [0.25, 0.3) is 11.4 Å². The average molecular weight is 409 g/mol. The number of furan rings is 1. The molecule has 30 heavy (non-hydrogen) atoms. The second-order valence-corrected chi connectivity index (χ2v) is 7.73. The van der Waals surface area contributed by atoms with Gasteiger partial charge in [0.15, 0.2) is 0 Å². The molecule has 1 amide bonds. The lowest BCUT2D eigenvalue weighted by atomic mass is 10.1. The van der Waals surface area contributed by atoms with Crippen molar-refractivity contribution in [2.24, 2.45) is 0 Å². The number of piperazine rings is 1. The number of hydrogen-bond acceptors (Lipinski definition) is 7. The number of carbonyl (C=O) groups excluding carboxylic acids is 1. The SMILES string of the molecule is Cc1ccc(-c2noc(CN3CCN(CC(=O)NC(C)c4ccco4)CC3)n2)cc1. The molecule has 1 unspecified atom stereocenters. The third kappa shape index (κ3) is 5.14. The summed E-state index contributed by atoms with van der Waals surface area (Å²) in [6, 6.07) is 11.6. The molecule has 1 aliphatic rings. The van der Waals surface area contributed by atoms with Crippen molar-refractivity contribution in [3.05, 3.63) is 59.9 Å². The van der Waals surface area contributed by atoms with Crippen LogP contribution in [0, 0.1) is 6.92 Å². The van der Waals surface area contributed by atoms with Gasteiger partial charge in [-0.15, -0.1) is 0 Å². The maximum Gasteiger partial charge on any atom is 0.241 e. The van der Waals surface area contributed by atoms with Crippen molar-refractivity contribution in [3.63, 3.8) is 0 Å². The Labute approximate surface area is 175 Å². The Bertz CT molecular complexity index is 944. The first-order chi connectivity index (χ1) is 14.6. The zero-order chi connectivity index (χ0) is 20.9. The lowest BCUT2D eigenvalue weighted by molar-refractivity contribution is -0.123. The summed E-state index contributed by atoms with van der Waals surface area (Å²) in [5, 5.41) is 7.08. The van der Waals surface area contributed by atoms with Crippen LogP contribution in [0.15, 0.2) is 51.6 Å². The molecule has 0 aliphatic carbocycles. The lowest BCUT2D eigenvalue weighted by Gasteiger charge is -2.33. The minimum absolute atomic E-state index is 0.00647. The highest BCUT2D eigenvalue weighted by Crippen LogP contribution is 2.17. The maximum absolute atomic E-state index is 12.3. The van der Waals surface area contributed by atoms with Gasteiger partial charge in [0.25, 0.3) is 0 Å². The molecule has 8 heteroatoms. The first-order valence-electron chi connectivity index (χ1n) is 10.2. The van der Waals surface area contributed by atoms with E-state index in [0.717, 1.165) is 37.5 Å². The molecule has 3 heterocycles. The van der Waals surface area contributed by atoms with Gasteiger partial charge in [-0.05, 0) is 26.0 Å². The van der Waals surface area contributed by atoms with Gasteiger partial charge in [0, 0.05) is 31.7 Å². The summed E-state index contributed by atoms with van der Waals surface area (Å²) < 4.78 is 10.8. The zero-order valence-corrected chi connectivity index (χ0v) is 17.4. The Morgan fingerprint density at radius 1 is 1.13 bits per heavy atom. The molecule has 1 fully saturated rings. The minimum Gasteiger partial charge on any atom is -0.467 e. The van der Waals surface area contributed by atoms with E-state index in [0.29, 0.717) is 24.8 Å². The minimum atomic E-state index is -0.131. The van der Waals surface area contributed by atoms with Crippen LogP contribution in [-0.2, 0) is 11.3 Å². The summed E-state index contributed by atoms with van der Waals surface area (Å²) in [5.41, 5.74) is 2.15. The van der Waals surface area contributed by atoms with Gasteiger partial charge < -0.3 is 14.3 Å². The Morgan fingerprint density at radius 2 is 1.87 bits per heavy atom. The fraction of sp³-hybridized carbons (Fsp3) is 0.409. The maximum atomic E-state index is 12.3. The molecular weight excluding hydrogens is 382 g/mol. The molecule has 1 aliphatic heterocycles. The average Bonchev–Trinajstić information content (AvgIpc) is 3.42. The standard InChI is InChI=1S/C22H27N5O3/c1-16-5-7-18(8-6-16)22-24-21(30-25-22)15-27-11-9-26(10-12-27)14-20(28)23-17(2)19-4-3-13-29-19/h3-8,13,17H,9-12,14-15H2,1-2H3,(H,23,28). The molecular formula is C22H27N5O3. The molecule has 1 aromatic carbocycles. The largest absolute Gasteiger partial charge is 0.467 e. The monoisotopic (exact) mass is 409 g/mol. The Kier molecular flexibility index (Phi) is 6.25.